The fourth-order valence-electron chi connectivity index (χ4n) is 1.18. The van der Waals surface area contributed by atoms with Gasteiger partial charge in [0.25, 0.3) is 0 Å². The predicted molar refractivity (Wildman–Crippen MR) is 72.8 cm³/mol. The summed E-state index contributed by atoms with van der Waals surface area (Å²) in [5.74, 6) is 1.11. The molecule has 0 saturated heterocycles. The van der Waals surface area contributed by atoms with Crippen LogP contribution in [-0.2, 0) is 4.79 Å². The Morgan fingerprint density at radius 1 is 1.53 bits per heavy atom. The predicted octanol–water partition coefficient (Wildman–Crippen LogP) is 2.41. The highest BCUT2D eigenvalue weighted by Crippen LogP contribution is 2.31. The molecule has 1 aromatic rings. The number of amides is 1. The second-order valence-electron chi connectivity index (χ2n) is 3.81. The first-order chi connectivity index (χ1) is 8.19. The molecule has 7 heteroatoms. The van der Waals surface area contributed by atoms with Gasteiger partial charge in [-0.05, 0) is 25.5 Å². The maximum Gasteiger partial charge on any atom is 0.233 e. The van der Waals surface area contributed by atoms with Crippen LogP contribution in [0.3, 0.4) is 0 Å². The summed E-state index contributed by atoms with van der Waals surface area (Å²) in [7, 11) is 0. The van der Waals surface area contributed by atoms with Crippen molar-refractivity contribution < 1.29 is 4.79 Å². The lowest BCUT2D eigenvalue weighted by atomic mass is 10.4. The SMILES string of the molecule is CCSc1nnc(S[C@@H](C)C(=O)NC2CC2)s1. The molecule has 0 bridgehead atoms. The number of carbonyl (C=O) groups is 1. The Kier molecular flexibility index (Phi) is 4.69. The summed E-state index contributed by atoms with van der Waals surface area (Å²) in [5, 5.41) is 11.1. The molecule has 0 aliphatic heterocycles. The Morgan fingerprint density at radius 2 is 2.24 bits per heavy atom. The molecule has 0 unspecified atom stereocenters. The molecule has 1 N–H and O–H groups in total. The number of hydrogen-bond donors (Lipinski definition) is 1. The molecule has 0 aromatic carbocycles. The first-order valence-corrected chi connectivity index (χ1v) is 8.30. The zero-order valence-electron chi connectivity index (χ0n) is 9.80. The zero-order chi connectivity index (χ0) is 12.3. The van der Waals surface area contributed by atoms with E-state index >= 15 is 0 Å². The lowest BCUT2D eigenvalue weighted by Gasteiger charge is -2.08. The molecule has 1 amide bonds. The highest BCUT2D eigenvalue weighted by molar-refractivity contribution is 8.03. The molecule has 0 spiro atoms. The normalized spacial score (nSPS) is 16.8. The van der Waals surface area contributed by atoms with E-state index in [9.17, 15) is 4.79 Å². The van der Waals surface area contributed by atoms with Crippen LogP contribution in [0.2, 0.25) is 0 Å². The number of nitrogens with zero attached hydrogens (tertiary/aromatic N) is 2. The monoisotopic (exact) mass is 289 g/mol. The van der Waals surface area contributed by atoms with E-state index in [0.717, 1.165) is 27.3 Å². The molecule has 2 rings (SSSR count). The zero-order valence-corrected chi connectivity index (χ0v) is 12.3. The van der Waals surface area contributed by atoms with Gasteiger partial charge < -0.3 is 5.32 Å². The van der Waals surface area contributed by atoms with Crippen LogP contribution in [0, 0.1) is 0 Å². The second kappa shape index (κ2) is 6.06. The molecule has 1 atom stereocenters. The van der Waals surface area contributed by atoms with Crippen LogP contribution in [0.1, 0.15) is 26.7 Å². The maximum atomic E-state index is 11.7. The van der Waals surface area contributed by atoms with E-state index in [4.69, 9.17) is 0 Å². The van der Waals surface area contributed by atoms with E-state index in [0.29, 0.717) is 6.04 Å². The lowest BCUT2D eigenvalue weighted by molar-refractivity contribution is -0.120. The van der Waals surface area contributed by atoms with Crippen molar-refractivity contribution in [3.05, 3.63) is 0 Å². The third-order valence-electron chi connectivity index (χ3n) is 2.23. The van der Waals surface area contributed by atoms with Crippen molar-refractivity contribution in [3.63, 3.8) is 0 Å². The Hall–Kier alpha value is -0.270. The van der Waals surface area contributed by atoms with E-state index < -0.39 is 0 Å². The third kappa shape index (κ3) is 4.15. The Labute approximate surface area is 113 Å². The summed E-state index contributed by atoms with van der Waals surface area (Å²) in [4.78, 5) is 11.7. The minimum atomic E-state index is -0.0944. The lowest BCUT2D eigenvalue weighted by Crippen LogP contribution is -2.32. The Bertz CT molecular complexity index is 392. The molecule has 1 fully saturated rings. The van der Waals surface area contributed by atoms with Crippen LogP contribution in [0.4, 0.5) is 0 Å². The number of aromatic nitrogens is 2. The molecular formula is C10H15N3OS3. The summed E-state index contributed by atoms with van der Waals surface area (Å²) >= 11 is 4.73. The van der Waals surface area contributed by atoms with Crippen LogP contribution in [0.25, 0.3) is 0 Å². The van der Waals surface area contributed by atoms with Crippen molar-refractivity contribution in [1.29, 1.82) is 0 Å². The summed E-state index contributed by atoms with van der Waals surface area (Å²) in [6.45, 7) is 4.00. The van der Waals surface area contributed by atoms with Gasteiger partial charge in [0.2, 0.25) is 5.91 Å². The number of nitrogens with one attached hydrogen (secondary N) is 1. The fourth-order valence-corrected chi connectivity index (χ4v) is 4.25. The Balaban J connectivity index is 1.83. The second-order valence-corrected chi connectivity index (χ2v) is 7.89. The molecule has 17 heavy (non-hydrogen) atoms. The van der Waals surface area contributed by atoms with Gasteiger partial charge in [-0.2, -0.15) is 0 Å². The van der Waals surface area contributed by atoms with Gasteiger partial charge in [0.1, 0.15) is 0 Å². The van der Waals surface area contributed by atoms with Crippen LogP contribution < -0.4 is 5.32 Å². The summed E-state index contributed by atoms with van der Waals surface area (Å²) in [6.07, 6.45) is 2.25. The van der Waals surface area contributed by atoms with Gasteiger partial charge in [0.05, 0.1) is 5.25 Å². The fraction of sp³-hybridized carbons (Fsp3) is 0.700. The molecule has 0 radical (unpaired) electrons. The largest absolute Gasteiger partial charge is 0.352 e. The van der Waals surface area contributed by atoms with Crippen molar-refractivity contribution in [1.82, 2.24) is 15.5 Å². The Morgan fingerprint density at radius 3 is 2.88 bits per heavy atom. The van der Waals surface area contributed by atoms with Gasteiger partial charge in [0, 0.05) is 6.04 Å². The average Bonchev–Trinajstić information content (AvgIpc) is 3.00. The van der Waals surface area contributed by atoms with Gasteiger partial charge in [-0.1, -0.05) is 41.8 Å². The van der Waals surface area contributed by atoms with Crippen LogP contribution in [0.15, 0.2) is 8.68 Å². The van der Waals surface area contributed by atoms with Gasteiger partial charge >= 0.3 is 0 Å². The molecule has 1 aromatic heterocycles. The van der Waals surface area contributed by atoms with Crippen LogP contribution >= 0.6 is 34.9 Å². The van der Waals surface area contributed by atoms with Crippen molar-refractivity contribution in [2.45, 2.75) is 46.7 Å². The summed E-state index contributed by atoms with van der Waals surface area (Å²) in [5.41, 5.74) is 0. The van der Waals surface area contributed by atoms with Gasteiger partial charge in [-0.3, -0.25) is 4.79 Å². The van der Waals surface area contributed by atoms with E-state index in [-0.39, 0.29) is 11.2 Å². The standard InChI is InChI=1S/C10H15N3OS3/c1-3-15-9-12-13-10(17-9)16-6(2)8(14)11-7-4-5-7/h6-7H,3-5H2,1-2H3,(H,11,14)/t6-/m0/s1. The van der Waals surface area contributed by atoms with E-state index in [2.05, 4.69) is 22.4 Å². The van der Waals surface area contributed by atoms with Gasteiger partial charge in [-0.25, -0.2) is 0 Å². The first kappa shape index (κ1) is 13.2. The first-order valence-electron chi connectivity index (χ1n) is 5.62. The van der Waals surface area contributed by atoms with Gasteiger partial charge in [0.15, 0.2) is 8.68 Å². The summed E-state index contributed by atoms with van der Waals surface area (Å²) < 4.78 is 1.85. The van der Waals surface area contributed by atoms with E-state index in [1.165, 1.54) is 11.8 Å². The molecule has 94 valence electrons. The number of thioether (sulfide) groups is 2. The molecular weight excluding hydrogens is 274 g/mol. The number of hydrogen-bond acceptors (Lipinski definition) is 6. The van der Waals surface area contributed by atoms with Crippen LogP contribution in [-0.4, -0.2) is 33.1 Å². The highest BCUT2D eigenvalue weighted by Gasteiger charge is 2.26. The minimum Gasteiger partial charge on any atom is -0.352 e. The van der Waals surface area contributed by atoms with E-state index in [1.54, 1.807) is 23.1 Å². The molecule has 4 nitrogen and oxygen atoms in total. The van der Waals surface area contributed by atoms with Crippen molar-refractivity contribution >= 4 is 40.8 Å². The topological polar surface area (TPSA) is 54.9 Å². The molecule has 1 aliphatic rings. The number of rotatable bonds is 6. The van der Waals surface area contributed by atoms with Gasteiger partial charge in [-0.15, -0.1) is 10.2 Å². The van der Waals surface area contributed by atoms with Crippen molar-refractivity contribution in [2.24, 2.45) is 0 Å². The number of carbonyl (C=O) groups excluding carboxylic acids is 1. The summed E-state index contributed by atoms with van der Waals surface area (Å²) in [6, 6.07) is 0.422. The average molecular weight is 289 g/mol. The molecule has 1 saturated carbocycles. The third-order valence-corrected chi connectivity index (χ3v) is 5.35. The minimum absolute atomic E-state index is 0.0944. The van der Waals surface area contributed by atoms with Crippen molar-refractivity contribution in [3.8, 4) is 0 Å². The van der Waals surface area contributed by atoms with E-state index in [1.807, 2.05) is 6.92 Å². The van der Waals surface area contributed by atoms with Crippen molar-refractivity contribution in [2.75, 3.05) is 5.75 Å². The smallest absolute Gasteiger partial charge is 0.233 e. The van der Waals surface area contributed by atoms with Crippen LogP contribution in [0.5, 0.6) is 0 Å². The molecule has 1 aliphatic carbocycles. The maximum absolute atomic E-state index is 11.7. The highest BCUT2D eigenvalue weighted by atomic mass is 32.2. The quantitative estimate of drug-likeness (QED) is 0.815. The molecule has 1 heterocycles.